The quantitative estimate of drug-likeness (QED) is 0.284. The van der Waals surface area contributed by atoms with Crippen LogP contribution in [0.1, 0.15) is 84.8 Å². The molecule has 0 spiro atoms. The Balaban J connectivity index is 1.76. The Morgan fingerprint density at radius 2 is 1.47 bits per heavy atom. The summed E-state index contributed by atoms with van der Waals surface area (Å²) < 4.78 is 11.2. The number of ether oxygens (including phenoxy) is 2. The van der Waals surface area contributed by atoms with Gasteiger partial charge in [-0.25, -0.2) is 9.59 Å². The fourth-order valence-corrected chi connectivity index (χ4v) is 5.25. The molecule has 0 radical (unpaired) electrons. The molecular formula is C33H45N3O7. The summed E-state index contributed by atoms with van der Waals surface area (Å²) in [6.45, 7) is 12.5. The highest BCUT2D eigenvalue weighted by molar-refractivity contribution is 5.89. The van der Waals surface area contributed by atoms with Gasteiger partial charge in [-0.1, -0.05) is 48.5 Å². The minimum absolute atomic E-state index is 0.0825. The maximum absolute atomic E-state index is 13.8. The molecule has 234 valence electrons. The smallest absolute Gasteiger partial charge is 0.410 e. The van der Waals surface area contributed by atoms with Crippen molar-refractivity contribution in [2.45, 2.75) is 96.9 Å². The average Bonchev–Trinajstić information content (AvgIpc) is 3.22. The molecule has 3 amide bonds. The second kappa shape index (κ2) is 13.9. The summed E-state index contributed by atoms with van der Waals surface area (Å²) in [5.74, 6) is -1.92. The van der Waals surface area contributed by atoms with E-state index < -0.39 is 47.3 Å². The summed E-state index contributed by atoms with van der Waals surface area (Å²) in [4.78, 5) is 52.1. The third-order valence-corrected chi connectivity index (χ3v) is 7.17. The molecule has 0 bridgehead atoms. The first-order valence-electron chi connectivity index (χ1n) is 14.7. The molecule has 3 N–H and O–H groups in total. The molecule has 43 heavy (non-hydrogen) atoms. The Kier molecular flexibility index (Phi) is 10.8. The number of fused-ring (bicyclic) bond motifs is 3. The van der Waals surface area contributed by atoms with Crippen molar-refractivity contribution < 1.29 is 33.8 Å². The van der Waals surface area contributed by atoms with E-state index in [9.17, 15) is 24.3 Å². The van der Waals surface area contributed by atoms with Crippen LogP contribution in [0.4, 0.5) is 9.59 Å². The summed E-state index contributed by atoms with van der Waals surface area (Å²) in [5, 5.41) is 14.6. The molecular weight excluding hydrogens is 550 g/mol. The SMILES string of the molecule is C[C@H](NC(=O)[C@H](CCCCNC(=O)OC(C)(C)C)N(C(=O)OCC1c2ccccc2-c2ccccc21)C(C)(C)C)C(=O)O. The van der Waals surface area contributed by atoms with E-state index >= 15 is 0 Å². The molecule has 0 aromatic heterocycles. The first-order valence-corrected chi connectivity index (χ1v) is 14.7. The van der Waals surface area contributed by atoms with Crippen LogP contribution < -0.4 is 10.6 Å². The van der Waals surface area contributed by atoms with Gasteiger partial charge < -0.3 is 25.2 Å². The Bertz CT molecular complexity index is 1270. The summed E-state index contributed by atoms with van der Waals surface area (Å²) >= 11 is 0. The van der Waals surface area contributed by atoms with Gasteiger partial charge in [0.05, 0.1) is 0 Å². The number of hydrogen-bond acceptors (Lipinski definition) is 6. The summed E-state index contributed by atoms with van der Waals surface area (Å²) in [7, 11) is 0. The minimum Gasteiger partial charge on any atom is -0.480 e. The van der Waals surface area contributed by atoms with Gasteiger partial charge in [-0.2, -0.15) is 0 Å². The fraction of sp³-hybridized carbons (Fsp3) is 0.515. The lowest BCUT2D eigenvalue weighted by Gasteiger charge is -2.40. The van der Waals surface area contributed by atoms with E-state index in [0.29, 0.717) is 19.4 Å². The predicted octanol–water partition coefficient (Wildman–Crippen LogP) is 5.69. The fourth-order valence-electron chi connectivity index (χ4n) is 5.25. The molecule has 2 atom stereocenters. The summed E-state index contributed by atoms with van der Waals surface area (Å²) in [5.41, 5.74) is 2.90. The zero-order valence-corrected chi connectivity index (χ0v) is 26.2. The molecule has 0 fully saturated rings. The molecule has 0 saturated carbocycles. The van der Waals surface area contributed by atoms with Crippen LogP contribution in [-0.2, 0) is 19.1 Å². The average molecular weight is 596 g/mol. The number of carboxylic acids is 1. The number of rotatable bonds is 11. The highest BCUT2D eigenvalue weighted by Gasteiger charge is 2.40. The van der Waals surface area contributed by atoms with Gasteiger partial charge in [0.1, 0.15) is 24.3 Å². The molecule has 2 aromatic rings. The number of benzene rings is 2. The number of nitrogens with one attached hydrogen (secondary N) is 2. The van der Waals surface area contributed by atoms with E-state index in [2.05, 4.69) is 22.8 Å². The predicted molar refractivity (Wildman–Crippen MR) is 164 cm³/mol. The van der Waals surface area contributed by atoms with Crippen molar-refractivity contribution >= 4 is 24.1 Å². The zero-order valence-electron chi connectivity index (χ0n) is 26.2. The van der Waals surface area contributed by atoms with Gasteiger partial charge in [-0.3, -0.25) is 14.5 Å². The summed E-state index contributed by atoms with van der Waals surface area (Å²) in [6.07, 6.45) is 0.0189. The number of carbonyl (C=O) groups excluding carboxylic acids is 3. The van der Waals surface area contributed by atoms with Gasteiger partial charge in [0.2, 0.25) is 5.91 Å². The Labute approximate surface area is 254 Å². The Hall–Kier alpha value is -4.08. The first-order chi connectivity index (χ1) is 20.1. The van der Waals surface area contributed by atoms with Crippen LogP contribution in [0.15, 0.2) is 48.5 Å². The molecule has 10 heteroatoms. The van der Waals surface area contributed by atoms with E-state index in [1.807, 2.05) is 36.4 Å². The number of aliphatic carboxylic acids is 1. The van der Waals surface area contributed by atoms with E-state index in [4.69, 9.17) is 9.47 Å². The van der Waals surface area contributed by atoms with E-state index in [1.54, 1.807) is 41.5 Å². The van der Waals surface area contributed by atoms with Crippen molar-refractivity contribution in [1.29, 1.82) is 0 Å². The largest absolute Gasteiger partial charge is 0.480 e. The van der Waals surface area contributed by atoms with Gasteiger partial charge in [-0.05, 0) is 90.0 Å². The number of unbranched alkanes of at least 4 members (excludes halogenated alkanes) is 1. The topological polar surface area (TPSA) is 134 Å². The van der Waals surface area contributed by atoms with Crippen molar-refractivity contribution in [2.24, 2.45) is 0 Å². The third kappa shape index (κ3) is 8.95. The number of nitrogens with zero attached hydrogens (tertiary/aromatic N) is 1. The molecule has 10 nitrogen and oxygen atoms in total. The van der Waals surface area contributed by atoms with Gasteiger partial charge in [0.25, 0.3) is 0 Å². The number of carbonyl (C=O) groups is 4. The molecule has 0 saturated heterocycles. The molecule has 2 aromatic carbocycles. The van der Waals surface area contributed by atoms with Crippen molar-refractivity contribution in [3.05, 3.63) is 59.7 Å². The van der Waals surface area contributed by atoms with Crippen LogP contribution in [0.25, 0.3) is 11.1 Å². The highest BCUT2D eigenvalue weighted by Crippen LogP contribution is 2.44. The second-order valence-electron chi connectivity index (χ2n) is 12.9. The zero-order chi connectivity index (χ0) is 31.9. The number of alkyl carbamates (subject to hydrolysis) is 1. The van der Waals surface area contributed by atoms with Crippen molar-refractivity contribution in [1.82, 2.24) is 15.5 Å². The second-order valence-corrected chi connectivity index (χ2v) is 12.9. The van der Waals surface area contributed by atoms with E-state index in [0.717, 1.165) is 22.3 Å². The minimum atomic E-state index is -1.18. The lowest BCUT2D eigenvalue weighted by Crippen LogP contribution is -2.58. The van der Waals surface area contributed by atoms with Crippen LogP contribution in [-0.4, -0.2) is 70.4 Å². The molecule has 0 aliphatic heterocycles. The summed E-state index contributed by atoms with van der Waals surface area (Å²) in [6, 6.07) is 13.9. The van der Waals surface area contributed by atoms with E-state index in [1.165, 1.54) is 11.8 Å². The number of amides is 3. The third-order valence-electron chi connectivity index (χ3n) is 7.17. The lowest BCUT2D eigenvalue weighted by atomic mass is 9.98. The molecule has 3 rings (SSSR count). The van der Waals surface area contributed by atoms with Gasteiger partial charge in [-0.15, -0.1) is 0 Å². The number of hydrogen-bond donors (Lipinski definition) is 3. The van der Waals surface area contributed by atoms with Gasteiger partial charge in [0.15, 0.2) is 0 Å². The molecule has 0 heterocycles. The maximum Gasteiger partial charge on any atom is 0.410 e. The van der Waals surface area contributed by atoms with Crippen molar-refractivity contribution in [3.63, 3.8) is 0 Å². The maximum atomic E-state index is 13.8. The van der Waals surface area contributed by atoms with Crippen LogP contribution in [0.3, 0.4) is 0 Å². The normalized spacial score (nSPS) is 14.1. The molecule has 1 aliphatic carbocycles. The molecule has 1 aliphatic rings. The number of carboxylic acid groups (broad SMARTS) is 1. The Morgan fingerprint density at radius 3 is 1.98 bits per heavy atom. The first kappa shape index (κ1) is 33.4. The van der Waals surface area contributed by atoms with Gasteiger partial charge >= 0.3 is 18.2 Å². The van der Waals surface area contributed by atoms with E-state index in [-0.39, 0.29) is 18.9 Å². The highest BCUT2D eigenvalue weighted by atomic mass is 16.6. The van der Waals surface area contributed by atoms with Crippen LogP contribution in [0.5, 0.6) is 0 Å². The van der Waals surface area contributed by atoms with Crippen molar-refractivity contribution in [2.75, 3.05) is 13.2 Å². The van der Waals surface area contributed by atoms with Crippen molar-refractivity contribution in [3.8, 4) is 11.1 Å². The Morgan fingerprint density at radius 1 is 0.907 bits per heavy atom. The monoisotopic (exact) mass is 595 g/mol. The lowest BCUT2D eigenvalue weighted by molar-refractivity contribution is -0.142. The van der Waals surface area contributed by atoms with Crippen LogP contribution >= 0.6 is 0 Å². The van der Waals surface area contributed by atoms with Crippen LogP contribution in [0, 0.1) is 0 Å². The molecule has 0 unspecified atom stereocenters. The van der Waals surface area contributed by atoms with Crippen LogP contribution in [0.2, 0.25) is 0 Å². The standard InChI is InChI=1S/C33H45N3O7/c1-21(29(38)39)35-28(37)27(18-12-13-19-34-30(40)43-33(5,6)7)36(32(2,3)4)31(41)42-20-26-24-16-10-8-14-22(24)23-15-9-11-17-25(23)26/h8-11,14-17,21,26-27H,12-13,18-20H2,1-7H3,(H,34,40)(H,35,37)(H,38,39)/t21-,27-/m0/s1. The van der Waals surface area contributed by atoms with Gasteiger partial charge in [0, 0.05) is 18.0 Å².